The minimum atomic E-state index is -0.750. The highest BCUT2D eigenvalue weighted by Gasteiger charge is 2.33. The molecule has 1 unspecified atom stereocenters. The zero-order valence-corrected chi connectivity index (χ0v) is 15.1. The van der Waals surface area contributed by atoms with Crippen LogP contribution in [0.15, 0.2) is 42.5 Å². The predicted octanol–water partition coefficient (Wildman–Crippen LogP) is 2.22. The van der Waals surface area contributed by atoms with Crippen molar-refractivity contribution in [3.05, 3.63) is 53.6 Å². The van der Waals surface area contributed by atoms with Gasteiger partial charge >= 0.3 is 0 Å². The van der Waals surface area contributed by atoms with Crippen LogP contribution in [0.4, 0.5) is 5.69 Å². The molecular formula is C20H22N2O4. The van der Waals surface area contributed by atoms with Gasteiger partial charge in [0.25, 0.3) is 11.8 Å². The molecule has 1 N–H and O–H groups in total. The van der Waals surface area contributed by atoms with Crippen LogP contribution in [0.25, 0.3) is 0 Å². The van der Waals surface area contributed by atoms with E-state index < -0.39 is 6.10 Å². The number of ether oxygens (including phenoxy) is 2. The lowest BCUT2D eigenvalue weighted by Crippen LogP contribution is -2.51. The summed E-state index contributed by atoms with van der Waals surface area (Å²) in [6.07, 6.45) is -0.750. The normalized spacial score (nSPS) is 15.7. The van der Waals surface area contributed by atoms with Crippen LogP contribution in [-0.4, -0.2) is 38.1 Å². The topological polar surface area (TPSA) is 67.9 Å². The Balaban J connectivity index is 1.77. The molecule has 0 aliphatic carbocycles. The van der Waals surface area contributed by atoms with Gasteiger partial charge in [0, 0.05) is 7.05 Å². The van der Waals surface area contributed by atoms with Gasteiger partial charge < -0.3 is 19.7 Å². The van der Waals surface area contributed by atoms with Crippen LogP contribution in [-0.2, 0) is 9.59 Å². The van der Waals surface area contributed by atoms with Crippen LogP contribution >= 0.6 is 0 Å². The quantitative estimate of drug-likeness (QED) is 0.914. The van der Waals surface area contributed by atoms with E-state index >= 15 is 0 Å². The highest BCUT2D eigenvalue weighted by atomic mass is 16.5. The van der Waals surface area contributed by atoms with Gasteiger partial charge in [-0.25, -0.2) is 0 Å². The second-order valence-corrected chi connectivity index (χ2v) is 6.30. The number of hydrogen-bond acceptors (Lipinski definition) is 4. The number of nitrogens with zero attached hydrogens (tertiary/aromatic N) is 1. The molecule has 0 fully saturated rings. The molecule has 0 radical (unpaired) electrons. The van der Waals surface area contributed by atoms with Gasteiger partial charge in [-0.1, -0.05) is 18.2 Å². The zero-order chi connectivity index (χ0) is 18.7. The Bertz CT molecular complexity index is 814. The first kappa shape index (κ1) is 17.8. The van der Waals surface area contributed by atoms with E-state index in [0.717, 1.165) is 11.1 Å². The summed E-state index contributed by atoms with van der Waals surface area (Å²) in [7, 11) is 1.54. The lowest BCUT2D eigenvalue weighted by atomic mass is 10.1. The minimum Gasteiger partial charge on any atom is -0.484 e. The second-order valence-electron chi connectivity index (χ2n) is 6.30. The van der Waals surface area contributed by atoms with Gasteiger partial charge in [-0.15, -0.1) is 0 Å². The summed E-state index contributed by atoms with van der Waals surface area (Å²) < 4.78 is 11.4. The molecule has 0 saturated heterocycles. The molecule has 0 spiro atoms. The van der Waals surface area contributed by atoms with Gasteiger partial charge in [0.05, 0.1) is 12.2 Å². The third-order valence-electron chi connectivity index (χ3n) is 4.17. The van der Waals surface area contributed by atoms with E-state index in [1.54, 1.807) is 30.1 Å². The molecule has 6 nitrogen and oxygen atoms in total. The zero-order valence-electron chi connectivity index (χ0n) is 15.1. The van der Waals surface area contributed by atoms with Gasteiger partial charge in [0.1, 0.15) is 11.5 Å². The SMILES string of the molecule is CNC(=O)C1CN(C(=O)COc2cc(C)cc(C)c2)c2ccccc2O1. The number of amides is 2. The highest BCUT2D eigenvalue weighted by molar-refractivity contribution is 5.98. The number of hydrogen-bond donors (Lipinski definition) is 1. The number of nitrogens with one attached hydrogen (secondary N) is 1. The maximum Gasteiger partial charge on any atom is 0.265 e. The van der Waals surface area contributed by atoms with Crippen molar-refractivity contribution in [1.29, 1.82) is 0 Å². The summed E-state index contributed by atoms with van der Waals surface area (Å²) in [4.78, 5) is 26.3. The van der Waals surface area contributed by atoms with E-state index in [1.165, 1.54) is 0 Å². The van der Waals surface area contributed by atoms with Crippen LogP contribution < -0.4 is 19.7 Å². The third kappa shape index (κ3) is 3.79. The lowest BCUT2D eigenvalue weighted by Gasteiger charge is -2.33. The predicted molar refractivity (Wildman–Crippen MR) is 98.7 cm³/mol. The number of rotatable bonds is 4. The Morgan fingerprint density at radius 1 is 1.19 bits per heavy atom. The summed E-state index contributed by atoms with van der Waals surface area (Å²) >= 11 is 0. The number of anilines is 1. The number of benzene rings is 2. The molecule has 2 aromatic carbocycles. The average molecular weight is 354 g/mol. The van der Waals surface area contributed by atoms with Gasteiger partial charge in [-0.3, -0.25) is 9.59 Å². The highest BCUT2D eigenvalue weighted by Crippen LogP contribution is 2.33. The smallest absolute Gasteiger partial charge is 0.265 e. The van der Waals surface area contributed by atoms with E-state index in [4.69, 9.17) is 9.47 Å². The molecule has 2 aromatic rings. The van der Waals surface area contributed by atoms with Crippen molar-refractivity contribution in [1.82, 2.24) is 5.32 Å². The summed E-state index contributed by atoms with van der Waals surface area (Å²) in [6, 6.07) is 13.0. The monoisotopic (exact) mass is 354 g/mol. The molecule has 0 saturated carbocycles. The van der Waals surface area contributed by atoms with Crippen molar-refractivity contribution >= 4 is 17.5 Å². The van der Waals surface area contributed by atoms with E-state index in [0.29, 0.717) is 17.2 Å². The van der Waals surface area contributed by atoms with Crippen molar-refractivity contribution in [3.8, 4) is 11.5 Å². The molecule has 1 heterocycles. The summed E-state index contributed by atoms with van der Waals surface area (Å²) in [5, 5.41) is 2.56. The van der Waals surface area contributed by atoms with Crippen molar-refractivity contribution in [2.75, 3.05) is 25.1 Å². The Morgan fingerprint density at radius 2 is 1.88 bits per heavy atom. The minimum absolute atomic E-state index is 0.113. The number of para-hydroxylation sites is 2. The Hall–Kier alpha value is -3.02. The van der Waals surface area contributed by atoms with Crippen LogP contribution in [0.5, 0.6) is 11.5 Å². The largest absolute Gasteiger partial charge is 0.484 e. The molecule has 2 amide bonds. The molecule has 6 heteroatoms. The molecular weight excluding hydrogens is 332 g/mol. The Morgan fingerprint density at radius 3 is 2.58 bits per heavy atom. The maximum absolute atomic E-state index is 12.8. The first-order chi connectivity index (χ1) is 12.5. The summed E-state index contributed by atoms with van der Waals surface area (Å²) in [5.41, 5.74) is 2.79. The molecule has 26 heavy (non-hydrogen) atoms. The molecule has 0 aromatic heterocycles. The third-order valence-corrected chi connectivity index (χ3v) is 4.17. The molecule has 3 rings (SSSR count). The van der Waals surface area contributed by atoms with Gasteiger partial charge in [-0.05, 0) is 49.2 Å². The molecule has 1 atom stereocenters. The fraction of sp³-hybridized carbons (Fsp3) is 0.300. The van der Waals surface area contributed by atoms with E-state index in [9.17, 15) is 9.59 Å². The van der Waals surface area contributed by atoms with Crippen molar-refractivity contribution in [2.24, 2.45) is 0 Å². The van der Waals surface area contributed by atoms with Crippen molar-refractivity contribution in [3.63, 3.8) is 0 Å². The van der Waals surface area contributed by atoms with Gasteiger partial charge in [-0.2, -0.15) is 0 Å². The van der Waals surface area contributed by atoms with Crippen molar-refractivity contribution < 1.29 is 19.1 Å². The van der Waals surface area contributed by atoms with Crippen LogP contribution in [0.3, 0.4) is 0 Å². The van der Waals surface area contributed by atoms with E-state index in [-0.39, 0.29) is 25.0 Å². The van der Waals surface area contributed by atoms with Crippen LogP contribution in [0, 0.1) is 13.8 Å². The molecule has 0 bridgehead atoms. The fourth-order valence-electron chi connectivity index (χ4n) is 3.01. The van der Waals surface area contributed by atoms with Gasteiger partial charge in [0.15, 0.2) is 12.7 Å². The van der Waals surface area contributed by atoms with Crippen molar-refractivity contribution in [2.45, 2.75) is 20.0 Å². The summed E-state index contributed by atoms with van der Waals surface area (Å²) in [6.45, 7) is 3.99. The standard InChI is InChI=1S/C20H22N2O4/c1-13-8-14(2)10-15(9-13)25-12-19(23)22-11-18(20(24)21-3)26-17-7-5-4-6-16(17)22/h4-10,18H,11-12H2,1-3H3,(H,21,24). The molecule has 1 aliphatic rings. The maximum atomic E-state index is 12.8. The van der Waals surface area contributed by atoms with Gasteiger partial charge in [0.2, 0.25) is 0 Å². The number of fused-ring (bicyclic) bond motifs is 1. The molecule has 1 aliphatic heterocycles. The van der Waals surface area contributed by atoms with E-state index in [1.807, 2.05) is 38.1 Å². The first-order valence-corrected chi connectivity index (χ1v) is 8.46. The van der Waals surface area contributed by atoms with E-state index in [2.05, 4.69) is 5.32 Å². The average Bonchev–Trinajstić information content (AvgIpc) is 2.63. The second kappa shape index (κ2) is 7.47. The Kier molecular flexibility index (Phi) is 5.11. The lowest BCUT2D eigenvalue weighted by molar-refractivity contribution is -0.128. The van der Waals surface area contributed by atoms with Crippen LogP contribution in [0.1, 0.15) is 11.1 Å². The van der Waals surface area contributed by atoms with Crippen LogP contribution in [0.2, 0.25) is 0 Å². The number of carbonyl (C=O) groups excluding carboxylic acids is 2. The Labute approximate surface area is 152 Å². The number of carbonyl (C=O) groups is 2. The summed E-state index contributed by atoms with van der Waals surface area (Å²) in [5.74, 6) is 0.661. The number of likely N-dealkylation sites (N-methyl/N-ethyl adjacent to an activating group) is 1. The molecule has 136 valence electrons. The number of aryl methyl sites for hydroxylation is 2. The fourth-order valence-corrected chi connectivity index (χ4v) is 3.01. The first-order valence-electron chi connectivity index (χ1n) is 8.46.